The summed E-state index contributed by atoms with van der Waals surface area (Å²) in [7, 11) is -6.93. The average molecular weight is 267 g/mol. The minimum atomic E-state index is -3.84. The minimum absolute atomic E-state index is 0.0751. The van der Waals surface area contributed by atoms with Crippen LogP contribution in [0.2, 0.25) is 0 Å². The first-order valence-corrected chi connectivity index (χ1v) is 7.94. The standard InChI is InChI=1S/C7H13N3O4S2/c1-6-9-7(16(8,13)14)5-10(6)3-4-15(2,11)12/h5H,3-4H2,1-2H3,(H2,8,13,14). The number of nitrogens with zero attached hydrogens (tertiary/aromatic N) is 2. The Balaban J connectivity index is 2.96. The molecule has 16 heavy (non-hydrogen) atoms. The number of primary sulfonamides is 1. The van der Waals surface area contributed by atoms with Crippen molar-refractivity contribution in [1.82, 2.24) is 9.55 Å². The topological polar surface area (TPSA) is 112 Å². The van der Waals surface area contributed by atoms with Gasteiger partial charge in [-0.25, -0.2) is 27.0 Å². The van der Waals surface area contributed by atoms with E-state index in [2.05, 4.69) is 4.98 Å². The van der Waals surface area contributed by atoms with E-state index >= 15 is 0 Å². The average Bonchev–Trinajstić information content (AvgIpc) is 2.41. The van der Waals surface area contributed by atoms with Gasteiger partial charge in [-0.3, -0.25) is 0 Å². The van der Waals surface area contributed by atoms with Gasteiger partial charge >= 0.3 is 0 Å². The number of hydrogen-bond donors (Lipinski definition) is 1. The van der Waals surface area contributed by atoms with E-state index in [0.717, 1.165) is 6.26 Å². The Morgan fingerprint density at radius 2 is 1.94 bits per heavy atom. The largest absolute Gasteiger partial charge is 0.333 e. The molecule has 0 fully saturated rings. The van der Waals surface area contributed by atoms with Crippen molar-refractivity contribution >= 4 is 19.9 Å². The Bertz CT molecular complexity index is 585. The molecule has 1 heterocycles. The molecule has 0 spiro atoms. The van der Waals surface area contributed by atoms with Gasteiger partial charge in [0.2, 0.25) is 0 Å². The predicted molar refractivity (Wildman–Crippen MR) is 58.0 cm³/mol. The molecule has 0 saturated heterocycles. The van der Waals surface area contributed by atoms with Crippen LogP contribution in [0.15, 0.2) is 11.2 Å². The number of rotatable bonds is 4. The zero-order valence-corrected chi connectivity index (χ0v) is 10.5. The number of aromatic nitrogens is 2. The lowest BCUT2D eigenvalue weighted by atomic mass is 10.6. The van der Waals surface area contributed by atoms with Crippen LogP contribution in [-0.4, -0.2) is 38.4 Å². The molecule has 7 nitrogen and oxygen atoms in total. The van der Waals surface area contributed by atoms with Gasteiger partial charge in [0.15, 0.2) is 5.03 Å². The maximum absolute atomic E-state index is 11.0. The molecule has 0 aliphatic carbocycles. The number of sulfone groups is 1. The van der Waals surface area contributed by atoms with Gasteiger partial charge < -0.3 is 4.57 Å². The summed E-state index contributed by atoms with van der Waals surface area (Å²) in [6.45, 7) is 1.74. The maximum atomic E-state index is 11.0. The number of imidazole rings is 1. The lowest BCUT2D eigenvalue weighted by Gasteiger charge is -2.02. The van der Waals surface area contributed by atoms with Crippen LogP contribution < -0.4 is 5.14 Å². The van der Waals surface area contributed by atoms with Crippen molar-refractivity contribution in [2.24, 2.45) is 5.14 Å². The van der Waals surface area contributed by atoms with Crippen molar-refractivity contribution in [2.75, 3.05) is 12.0 Å². The van der Waals surface area contributed by atoms with E-state index < -0.39 is 19.9 Å². The Hall–Kier alpha value is -0.930. The molecular formula is C7H13N3O4S2. The van der Waals surface area contributed by atoms with Gasteiger partial charge in [0.25, 0.3) is 10.0 Å². The highest BCUT2D eigenvalue weighted by molar-refractivity contribution is 7.90. The summed E-state index contributed by atoms with van der Waals surface area (Å²) >= 11 is 0. The van der Waals surface area contributed by atoms with E-state index in [1.54, 1.807) is 6.92 Å². The van der Waals surface area contributed by atoms with Gasteiger partial charge in [-0.05, 0) is 6.92 Å². The van der Waals surface area contributed by atoms with Gasteiger partial charge in [-0.1, -0.05) is 0 Å². The molecule has 2 N–H and O–H groups in total. The lowest BCUT2D eigenvalue weighted by molar-refractivity contribution is 0.593. The zero-order valence-electron chi connectivity index (χ0n) is 8.91. The number of sulfonamides is 1. The molecule has 0 bridgehead atoms. The highest BCUT2D eigenvalue weighted by Gasteiger charge is 2.14. The van der Waals surface area contributed by atoms with Gasteiger partial charge in [-0.2, -0.15) is 0 Å². The third kappa shape index (κ3) is 3.58. The first-order chi connectivity index (χ1) is 7.09. The van der Waals surface area contributed by atoms with Crippen LogP contribution in [0, 0.1) is 6.92 Å². The van der Waals surface area contributed by atoms with Crippen molar-refractivity contribution in [2.45, 2.75) is 18.5 Å². The molecular weight excluding hydrogens is 254 g/mol. The molecule has 0 aliphatic rings. The summed E-state index contributed by atoms with van der Waals surface area (Å²) in [5.41, 5.74) is 0. The molecule has 0 saturated carbocycles. The minimum Gasteiger partial charge on any atom is -0.333 e. The second-order valence-corrected chi connectivity index (χ2v) is 7.26. The summed E-state index contributed by atoms with van der Waals surface area (Å²) in [5.74, 6) is 0.335. The SMILES string of the molecule is Cc1nc(S(N)(=O)=O)cn1CCS(C)(=O)=O. The summed E-state index contributed by atoms with van der Waals surface area (Å²) in [6, 6.07) is 0. The van der Waals surface area contributed by atoms with Crippen LogP contribution in [0.5, 0.6) is 0 Å². The maximum Gasteiger partial charge on any atom is 0.257 e. The zero-order chi connectivity index (χ0) is 12.6. The van der Waals surface area contributed by atoms with Gasteiger partial charge in [-0.15, -0.1) is 0 Å². The summed E-state index contributed by atoms with van der Waals surface area (Å²) in [4.78, 5) is 3.74. The van der Waals surface area contributed by atoms with Crippen molar-refractivity contribution in [3.05, 3.63) is 12.0 Å². The molecule has 0 aromatic carbocycles. The van der Waals surface area contributed by atoms with E-state index in [0.29, 0.717) is 5.82 Å². The van der Waals surface area contributed by atoms with Gasteiger partial charge in [0, 0.05) is 19.0 Å². The van der Waals surface area contributed by atoms with Crippen LogP contribution >= 0.6 is 0 Å². The molecule has 92 valence electrons. The second-order valence-electron chi connectivity index (χ2n) is 3.49. The molecule has 0 aliphatic heterocycles. The second kappa shape index (κ2) is 4.15. The Labute approximate surface area is 94.3 Å². The third-order valence-corrected chi connectivity index (χ3v) is 3.65. The van der Waals surface area contributed by atoms with Gasteiger partial charge in [0.05, 0.1) is 5.75 Å². The Kier molecular flexibility index (Phi) is 3.41. The highest BCUT2D eigenvalue weighted by Crippen LogP contribution is 2.07. The van der Waals surface area contributed by atoms with Crippen LogP contribution in [0.4, 0.5) is 0 Å². The summed E-state index contributed by atoms with van der Waals surface area (Å²) in [5, 5.41) is 4.65. The molecule has 9 heteroatoms. The van der Waals surface area contributed by atoms with E-state index in [1.165, 1.54) is 10.8 Å². The summed E-state index contributed by atoms with van der Waals surface area (Å²) in [6.07, 6.45) is 2.34. The lowest BCUT2D eigenvalue weighted by Crippen LogP contribution is -2.13. The molecule has 0 amide bonds. The van der Waals surface area contributed by atoms with Crippen LogP contribution in [0.25, 0.3) is 0 Å². The first-order valence-electron chi connectivity index (χ1n) is 4.34. The number of aryl methyl sites for hydroxylation is 2. The third-order valence-electron chi connectivity index (χ3n) is 1.95. The van der Waals surface area contributed by atoms with Crippen molar-refractivity contribution < 1.29 is 16.8 Å². The van der Waals surface area contributed by atoms with E-state index in [1.807, 2.05) is 0 Å². The van der Waals surface area contributed by atoms with Gasteiger partial charge in [0.1, 0.15) is 15.7 Å². The van der Waals surface area contributed by atoms with Crippen molar-refractivity contribution in [3.63, 3.8) is 0 Å². The van der Waals surface area contributed by atoms with Crippen LogP contribution in [0.1, 0.15) is 5.82 Å². The van der Waals surface area contributed by atoms with Crippen LogP contribution in [0.3, 0.4) is 0 Å². The van der Waals surface area contributed by atoms with Crippen molar-refractivity contribution in [1.29, 1.82) is 0 Å². The molecule has 0 radical (unpaired) electrons. The molecule has 1 aromatic heterocycles. The predicted octanol–water partition coefficient (Wildman–Crippen LogP) is -1.12. The van der Waals surface area contributed by atoms with E-state index in [9.17, 15) is 16.8 Å². The molecule has 0 atom stereocenters. The normalized spacial score (nSPS) is 12.9. The monoisotopic (exact) mass is 267 g/mol. The van der Waals surface area contributed by atoms with Crippen LogP contribution in [-0.2, 0) is 26.4 Å². The smallest absolute Gasteiger partial charge is 0.257 e. The number of hydrogen-bond acceptors (Lipinski definition) is 5. The Morgan fingerprint density at radius 1 is 1.38 bits per heavy atom. The Morgan fingerprint density at radius 3 is 2.31 bits per heavy atom. The van der Waals surface area contributed by atoms with E-state index in [4.69, 9.17) is 5.14 Å². The summed E-state index contributed by atoms with van der Waals surface area (Å²) < 4.78 is 45.3. The fourth-order valence-electron chi connectivity index (χ4n) is 1.11. The fourth-order valence-corrected chi connectivity index (χ4v) is 2.17. The number of nitrogens with two attached hydrogens (primary N) is 1. The first kappa shape index (κ1) is 13.1. The molecule has 1 rings (SSSR count). The fraction of sp³-hybridized carbons (Fsp3) is 0.571. The molecule has 0 unspecified atom stereocenters. The van der Waals surface area contributed by atoms with E-state index in [-0.39, 0.29) is 17.3 Å². The van der Waals surface area contributed by atoms with Crippen molar-refractivity contribution in [3.8, 4) is 0 Å². The highest BCUT2D eigenvalue weighted by atomic mass is 32.2. The molecule has 1 aromatic rings. The quantitative estimate of drug-likeness (QED) is 0.742.